The number of aryl methyl sites for hydroxylation is 1. The van der Waals surface area contributed by atoms with Crippen LogP contribution >= 0.6 is 0 Å². The zero-order chi connectivity index (χ0) is 20.3. The third-order valence-electron chi connectivity index (χ3n) is 4.98. The van der Waals surface area contributed by atoms with E-state index in [1.165, 1.54) is 5.56 Å². The smallest absolute Gasteiger partial charge is 0.194 e. The fraction of sp³-hybridized carbons (Fsp3) is 0.0833. The van der Waals surface area contributed by atoms with E-state index in [0.29, 0.717) is 5.82 Å². The molecule has 2 aromatic heterocycles. The van der Waals surface area contributed by atoms with Gasteiger partial charge in [-0.05, 0) is 40.6 Å². The molecule has 0 amide bonds. The lowest BCUT2D eigenvalue weighted by atomic mass is 10.0. The van der Waals surface area contributed by atoms with Crippen LogP contribution in [0.25, 0.3) is 22.0 Å². The fourth-order valence-corrected chi connectivity index (χ4v) is 3.53. The molecule has 146 valence electrons. The van der Waals surface area contributed by atoms with Crippen LogP contribution in [0.15, 0.2) is 84.9 Å². The first-order valence-corrected chi connectivity index (χ1v) is 9.70. The lowest BCUT2D eigenvalue weighted by Crippen LogP contribution is -2.12. The average molecular weight is 393 g/mol. The third-order valence-corrected chi connectivity index (χ3v) is 4.98. The number of hydrogen-bond donors (Lipinski definition) is 1. The van der Waals surface area contributed by atoms with E-state index < -0.39 is 6.10 Å². The van der Waals surface area contributed by atoms with Crippen molar-refractivity contribution >= 4 is 10.9 Å². The lowest BCUT2D eigenvalue weighted by Gasteiger charge is -2.19. The molecule has 0 bridgehead atoms. The molecule has 1 atom stereocenters. The van der Waals surface area contributed by atoms with Gasteiger partial charge in [0.1, 0.15) is 5.75 Å². The molecule has 1 unspecified atom stereocenters. The summed E-state index contributed by atoms with van der Waals surface area (Å²) in [5, 5.41) is 15.4. The molecular formula is C24H19N5O. The number of nitrogens with one attached hydrogen (secondary N) is 1. The van der Waals surface area contributed by atoms with Gasteiger partial charge < -0.3 is 4.74 Å². The van der Waals surface area contributed by atoms with E-state index in [9.17, 15) is 0 Å². The van der Waals surface area contributed by atoms with Crippen LogP contribution in [0.4, 0.5) is 0 Å². The van der Waals surface area contributed by atoms with Crippen molar-refractivity contribution in [2.45, 2.75) is 13.0 Å². The summed E-state index contributed by atoms with van der Waals surface area (Å²) in [7, 11) is 0. The molecular weight excluding hydrogens is 374 g/mol. The van der Waals surface area contributed by atoms with Crippen molar-refractivity contribution in [1.29, 1.82) is 0 Å². The summed E-state index contributed by atoms with van der Waals surface area (Å²) in [5.74, 6) is 1.28. The highest BCUT2D eigenvalue weighted by Crippen LogP contribution is 2.32. The predicted molar refractivity (Wildman–Crippen MR) is 115 cm³/mol. The first kappa shape index (κ1) is 18.0. The van der Waals surface area contributed by atoms with Gasteiger partial charge in [-0.2, -0.15) is 0 Å². The summed E-state index contributed by atoms with van der Waals surface area (Å²) in [5.41, 5.74) is 5.03. The minimum absolute atomic E-state index is 0.477. The van der Waals surface area contributed by atoms with Crippen LogP contribution < -0.4 is 4.74 Å². The van der Waals surface area contributed by atoms with E-state index in [0.717, 1.165) is 33.5 Å². The Labute approximate surface area is 173 Å². The van der Waals surface area contributed by atoms with Crippen molar-refractivity contribution in [2.75, 3.05) is 0 Å². The molecule has 0 aliphatic rings. The molecule has 0 aliphatic carbocycles. The van der Waals surface area contributed by atoms with Gasteiger partial charge in [-0.3, -0.25) is 4.98 Å². The van der Waals surface area contributed by atoms with Crippen LogP contribution in [0.5, 0.6) is 5.75 Å². The van der Waals surface area contributed by atoms with E-state index in [4.69, 9.17) is 4.74 Å². The second-order valence-electron chi connectivity index (χ2n) is 7.05. The summed E-state index contributed by atoms with van der Waals surface area (Å²) in [6.07, 6.45) is -0.477. The van der Waals surface area contributed by atoms with Crippen LogP contribution in [0.1, 0.15) is 23.2 Å². The number of pyridine rings is 1. The van der Waals surface area contributed by atoms with E-state index >= 15 is 0 Å². The van der Waals surface area contributed by atoms with Crippen LogP contribution in [-0.2, 0) is 0 Å². The first-order chi connectivity index (χ1) is 14.8. The van der Waals surface area contributed by atoms with Crippen LogP contribution in [0.3, 0.4) is 0 Å². The number of rotatable bonds is 5. The van der Waals surface area contributed by atoms with Crippen molar-refractivity contribution in [1.82, 2.24) is 25.6 Å². The van der Waals surface area contributed by atoms with Gasteiger partial charge in [-0.15, -0.1) is 5.10 Å². The molecule has 0 saturated heterocycles. The number of nitrogens with zero attached hydrogens (tertiary/aromatic N) is 4. The van der Waals surface area contributed by atoms with Gasteiger partial charge in [0.2, 0.25) is 0 Å². The molecule has 0 fully saturated rings. The minimum Gasteiger partial charge on any atom is -0.477 e. The number of aromatic nitrogens is 5. The first-order valence-electron chi connectivity index (χ1n) is 9.70. The maximum absolute atomic E-state index is 6.47. The van der Waals surface area contributed by atoms with Crippen molar-refractivity contribution in [3.63, 3.8) is 0 Å². The molecule has 3 aromatic carbocycles. The molecule has 2 heterocycles. The number of aromatic amines is 1. The van der Waals surface area contributed by atoms with Crippen LogP contribution in [0, 0.1) is 6.92 Å². The number of benzene rings is 3. The molecule has 5 rings (SSSR count). The number of ether oxygens (including phenoxy) is 1. The normalized spacial score (nSPS) is 12.0. The highest BCUT2D eigenvalue weighted by Gasteiger charge is 2.21. The molecule has 6 nitrogen and oxygen atoms in total. The van der Waals surface area contributed by atoms with E-state index in [2.05, 4.69) is 49.9 Å². The standard InChI is InChI=1S/C24H19N5O/c1-16-15-22(20-9-5-6-10-21(20)25-16)30-23(24-26-28-29-27-24)19-13-11-18(12-14-19)17-7-3-2-4-8-17/h2-15,23H,1H3,(H,26,27,28,29). The van der Waals surface area contributed by atoms with Crippen molar-refractivity contribution in [2.24, 2.45) is 0 Å². The SMILES string of the molecule is Cc1cc(OC(c2ccc(-c3ccccc3)cc2)c2nnn[nH]2)c2ccccc2n1. The Morgan fingerprint density at radius 2 is 1.57 bits per heavy atom. The Morgan fingerprint density at radius 1 is 0.833 bits per heavy atom. The summed E-state index contributed by atoms with van der Waals surface area (Å²) in [4.78, 5) is 4.60. The Bertz CT molecular complexity index is 1270. The second-order valence-corrected chi connectivity index (χ2v) is 7.05. The number of hydrogen-bond acceptors (Lipinski definition) is 5. The zero-order valence-electron chi connectivity index (χ0n) is 16.4. The highest BCUT2D eigenvalue weighted by molar-refractivity contribution is 5.85. The monoisotopic (exact) mass is 393 g/mol. The number of fused-ring (bicyclic) bond motifs is 1. The van der Waals surface area contributed by atoms with Gasteiger partial charge in [-0.1, -0.05) is 66.7 Å². The summed E-state index contributed by atoms with van der Waals surface area (Å²) in [6, 6.07) is 28.4. The number of tetrazole rings is 1. The Hall–Kier alpha value is -4.06. The van der Waals surface area contributed by atoms with Gasteiger partial charge in [0.15, 0.2) is 11.9 Å². The molecule has 5 aromatic rings. The quantitative estimate of drug-likeness (QED) is 0.460. The maximum atomic E-state index is 6.47. The Morgan fingerprint density at radius 3 is 2.33 bits per heavy atom. The van der Waals surface area contributed by atoms with E-state index in [1.807, 2.05) is 67.6 Å². The summed E-state index contributed by atoms with van der Waals surface area (Å²) in [6.45, 7) is 1.96. The van der Waals surface area contributed by atoms with Crippen molar-refractivity contribution in [3.8, 4) is 16.9 Å². The third kappa shape index (κ3) is 3.51. The zero-order valence-corrected chi connectivity index (χ0v) is 16.4. The van der Waals surface area contributed by atoms with Gasteiger partial charge in [0, 0.05) is 22.7 Å². The summed E-state index contributed by atoms with van der Waals surface area (Å²) >= 11 is 0. The predicted octanol–water partition coefficient (Wildman–Crippen LogP) is 4.89. The number of para-hydroxylation sites is 1. The molecule has 6 heteroatoms. The van der Waals surface area contributed by atoms with Crippen molar-refractivity contribution < 1.29 is 4.74 Å². The average Bonchev–Trinajstić information content (AvgIpc) is 3.33. The lowest BCUT2D eigenvalue weighted by molar-refractivity contribution is 0.239. The van der Waals surface area contributed by atoms with Gasteiger partial charge >= 0.3 is 0 Å². The molecule has 1 N–H and O–H groups in total. The van der Waals surface area contributed by atoms with E-state index in [-0.39, 0.29) is 0 Å². The second kappa shape index (κ2) is 7.75. The largest absolute Gasteiger partial charge is 0.477 e. The number of H-pyrrole nitrogens is 1. The molecule has 0 saturated carbocycles. The van der Waals surface area contributed by atoms with Gasteiger partial charge in [0.25, 0.3) is 0 Å². The van der Waals surface area contributed by atoms with Crippen molar-refractivity contribution in [3.05, 3.63) is 102 Å². The highest BCUT2D eigenvalue weighted by atomic mass is 16.5. The Balaban J connectivity index is 1.55. The summed E-state index contributed by atoms with van der Waals surface area (Å²) < 4.78 is 6.47. The minimum atomic E-state index is -0.477. The van der Waals surface area contributed by atoms with E-state index in [1.54, 1.807) is 0 Å². The van der Waals surface area contributed by atoms with Crippen LogP contribution in [0.2, 0.25) is 0 Å². The molecule has 0 aliphatic heterocycles. The van der Waals surface area contributed by atoms with Gasteiger partial charge in [0.05, 0.1) is 5.52 Å². The molecule has 0 spiro atoms. The Kier molecular flexibility index (Phi) is 4.65. The fourth-order valence-electron chi connectivity index (χ4n) is 3.53. The topological polar surface area (TPSA) is 76.6 Å². The maximum Gasteiger partial charge on any atom is 0.194 e. The van der Waals surface area contributed by atoms with Crippen LogP contribution in [-0.4, -0.2) is 25.6 Å². The van der Waals surface area contributed by atoms with Gasteiger partial charge in [-0.25, -0.2) is 5.10 Å². The molecule has 30 heavy (non-hydrogen) atoms. The molecule has 0 radical (unpaired) electrons.